The number of amides is 1. The first-order valence-corrected chi connectivity index (χ1v) is 14.6. The second-order valence-electron chi connectivity index (χ2n) is 9.43. The van der Waals surface area contributed by atoms with Crippen LogP contribution in [0.25, 0.3) is 22.2 Å². The minimum Gasteiger partial charge on any atom is -0.493 e. The number of benzene rings is 2. The molecule has 192 valence electrons. The van der Waals surface area contributed by atoms with Crippen molar-refractivity contribution in [3.05, 3.63) is 63.8 Å². The Morgan fingerprint density at radius 1 is 1.08 bits per heavy atom. The lowest BCUT2D eigenvalue weighted by atomic mass is 9.98. The third-order valence-corrected chi connectivity index (χ3v) is 9.07. The molecule has 0 radical (unpaired) electrons. The van der Waals surface area contributed by atoms with E-state index in [-0.39, 0.29) is 28.8 Å². The third-order valence-electron chi connectivity index (χ3n) is 7.02. The van der Waals surface area contributed by atoms with Gasteiger partial charge in [0.1, 0.15) is 4.90 Å². The second kappa shape index (κ2) is 9.51. The van der Waals surface area contributed by atoms with Gasteiger partial charge < -0.3 is 19.2 Å². The van der Waals surface area contributed by atoms with Gasteiger partial charge >= 0.3 is 10.1 Å². The molecule has 2 aromatic carbocycles. The molecule has 2 aromatic heterocycles. The molecule has 2 aliphatic rings. The zero-order valence-corrected chi connectivity index (χ0v) is 22.0. The van der Waals surface area contributed by atoms with E-state index >= 15 is 0 Å². The molecule has 0 unspecified atom stereocenters. The van der Waals surface area contributed by atoms with Crippen molar-refractivity contribution in [2.45, 2.75) is 37.2 Å². The van der Waals surface area contributed by atoms with E-state index in [2.05, 4.69) is 33.4 Å². The van der Waals surface area contributed by atoms with Crippen LogP contribution in [0.4, 0.5) is 0 Å². The first-order chi connectivity index (χ1) is 17.9. The summed E-state index contributed by atoms with van der Waals surface area (Å²) >= 11 is 1.26. The van der Waals surface area contributed by atoms with Crippen molar-refractivity contribution in [2.24, 2.45) is 0 Å². The van der Waals surface area contributed by atoms with Crippen LogP contribution in [0.15, 0.2) is 52.1 Å². The molecule has 0 saturated carbocycles. The fourth-order valence-electron chi connectivity index (χ4n) is 5.19. The Bertz CT molecular complexity index is 1590. The molecule has 4 aromatic rings. The van der Waals surface area contributed by atoms with Gasteiger partial charge in [-0.05, 0) is 67.2 Å². The monoisotopic (exact) mass is 537 g/mol. The lowest BCUT2D eigenvalue weighted by Gasteiger charge is -2.26. The number of likely N-dealkylation sites (tertiary alicyclic amines) is 1. The van der Waals surface area contributed by atoms with Crippen LogP contribution in [0.2, 0.25) is 0 Å². The van der Waals surface area contributed by atoms with Gasteiger partial charge in [-0.1, -0.05) is 12.5 Å². The molecule has 2 aliphatic heterocycles. The Hall–Kier alpha value is -3.34. The molecular formula is C27H27N3O5S2. The Kier molecular flexibility index (Phi) is 6.18. The van der Waals surface area contributed by atoms with Gasteiger partial charge in [0.25, 0.3) is 5.91 Å². The van der Waals surface area contributed by atoms with Gasteiger partial charge in [-0.2, -0.15) is 19.8 Å². The molecule has 0 bridgehead atoms. The number of carbonyl (C=O) groups is 1. The van der Waals surface area contributed by atoms with Crippen LogP contribution in [-0.2, 0) is 23.2 Å². The minimum atomic E-state index is -4.08. The number of nitrogens with one attached hydrogen (secondary N) is 2. The quantitative estimate of drug-likeness (QED) is 0.325. The molecule has 10 heteroatoms. The van der Waals surface area contributed by atoms with Crippen molar-refractivity contribution < 1.29 is 22.1 Å². The second-order valence-corrected chi connectivity index (χ2v) is 11.8. The normalized spacial score (nSPS) is 16.1. The van der Waals surface area contributed by atoms with Crippen molar-refractivity contribution in [2.75, 3.05) is 20.2 Å². The van der Waals surface area contributed by atoms with Crippen LogP contribution in [0.5, 0.6) is 11.5 Å². The van der Waals surface area contributed by atoms with E-state index in [1.54, 1.807) is 11.4 Å². The Morgan fingerprint density at radius 2 is 1.92 bits per heavy atom. The number of nitrogens with zero attached hydrogens (tertiary/aromatic N) is 1. The van der Waals surface area contributed by atoms with E-state index in [1.807, 2.05) is 6.07 Å². The first kappa shape index (κ1) is 24.0. The molecule has 2 N–H and O–H groups in total. The van der Waals surface area contributed by atoms with E-state index in [1.165, 1.54) is 54.7 Å². The Balaban J connectivity index is 1.40. The van der Waals surface area contributed by atoms with Gasteiger partial charge in [0.05, 0.1) is 12.7 Å². The van der Waals surface area contributed by atoms with Gasteiger partial charge in [0.15, 0.2) is 11.5 Å². The smallest absolute Gasteiger partial charge is 0.340 e. The zero-order chi connectivity index (χ0) is 25.6. The number of methoxy groups -OCH3 is 1. The molecular weight excluding hydrogens is 510 g/mol. The predicted molar refractivity (Wildman–Crippen MR) is 143 cm³/mol. The maximum Gasteiger partial charge on any atom is 0.340 e. The van der Waals surface area contributed by atoms with Crippen molar-refractivity contribution in [3.8, 4) is 22.8 Å². The van der Waals surface area contributed by atoms with E-state index in [0.717, 1.165) is 36.2 Å². The number of piperidine rings is 1. The summed E-state index contributed by atoms with van der Waals surface area (Å²) < 4.78 is 36.9. The third kappa shape index (κ3) is 4.49. The summed E-state index contributed by atoms with van der Waals surface area (Å²) in [5.41, 5.74) is 4.45. The average molecular weight is 538 g/mol. The standard InChI is InChI=1S/C27H27N3O5S2/c1-34-24-13-20(23-12-18-11-17(5-6-22(18)29-23)15-30-8-3-2-4-9-30)25-21(14-28-27(25)31)26(24)35-37(32,33)19-7-10-36-16-19/h5-7,10-13,16,29H,2-4,8-9,14-15H2,1H3,(H,28,31). The topological polar surface area (TPSA) is 101 Å². The number of hydrogen-bond acceptors (Lipinski definition) is 7. The zero-order valence-electron chi connectivity index (χ0n) is 20.4. The summed E-state index contributed by atoms with van der Waals surface area (Å²) in [6.45, 7) is 3.34. The van der Waals surface area contributed by atoms with Gasteiger partial charge in [-0.15, -0.1) is 0 Å². The highest BCUT2D eigenvalue weighted by Gasteiger charge is 2.33. The highest BCUT2D eigenvalue weighted by molar-refractivity contribution is 7.87. The largest absolute Gasteiger partial charge is 0.493 e. The van der Waals surface area contributed by atoms with Crippen molar-refractivity contribution >= 4 is 38.3 Å². The van der Waals surface area contributed by atoms with Gasteiger partial charge in [-0.3, -0.25) is 9.69 Å². The molecule has 1 amide bonds. The van der Waals surface area contributed by atoms with E-state index in [0.29, 0.717) is 16.7 Å². The fourth-order valence-corrected chi connectivity index (χ4v) is 7.16. The van der Waals surface area contributed by atoms with E-state index in [9.17, 15) is 13.2 Å². The number of thiophene rings is 1. The maximum absolute atomic E-state index is 12.9. The van der Waals surface area contributed by atoms with E-state index in [4.69, 9.17) is 8.92 Å². The van der Waals surface area contributed by atoms with Crippen LogP contribution in [0.1, 0.15) is 40.7 Å². The number of ether oxygens (including phenoxy) is 1. The van der Waals surface area contributed by atoms with Gasteiger partial charge in [-0.25, -0.2) is 0 Å². The fraction of sp³-hybridized carbons (Fsp3) is 0.296. The Labute approximate surface area is 219 Å². The highest BCUT2D eigenvalue weighted by Crippen LogP contribution is 2.43. The molecule has 1 saturated heterocycles. The Morgan fingerprint density at radius 3 is 2.68 bits per heavy atom. The predicted octanol–water partition coefficient (Wildman–Crippen LogP) is 4.90. The summed E-state index contributed by atoms with van der Waals surface area (Å²) in [5, 5.41) is 7.03. The number of fused-ring (bicyclic) bond motifs is 2. The number of hydrogen-bond donors (Lipinski definition) is 2. The SMILES string of the molecule is COc1cc(-c2cc3cc(CN4CCCCC4)ccc3[nH]2)c2c(c1OS(=O)(=O)c1ccsc1)CNC2=O. The van der Waals surface area contributed by atoms with Gasteiger partial charge in [0.2, 0.25) is 0 Å². The maximum atomic E-state index is 12.9. The number of rotatable bonds is 7. The van der Waals surface area contributed by atoms with Crippen LogP contribution in [0.3, 0.4) is 0 Å². The van der Waals surface area contributed by atoms with Crippen LogP contribution in [0, 0.1) is 0 Å². The summed E-state index contributed by atoms with van der Waals surface area (Å²) in [4.78, 5) is 18.9. The molecule has 0 spiro atoms. The molecule has 8 nitrogen and oxygen atoms in total. The molecule has 37 heavy (non-hydrogen) atoms. The van der Waals surface area contributed by atoms with E-state index < -0.39 is 10.1 Å². The number of aromatic amines is 1. The summed E-state index contributed by atoms with van der Waals surface area (Å²) in [7, 11) is -2.62. The number of aromatic nitrogens is 1. The average Bonchev–Trinajstić information content (AvgIpc) is 3.65. The molecule has 4 heterocycles. The number of carbonyl (C=O) groups excluding carboxylic acids is 1. The lowest BCUT2D eigenvalue weighted by molar-refractivity contribution is 0.0966. The molecule has 0 aliphatic carbocycles. The first-order valence-electron chi connectivity index (χ1n) is 12.3. The summed E-state index contributed by atoms with van der Waals surface area (Å²) in [6, 6.07) is 11.6. The van der Waals surface area contributed by atoms with Crippen LogP contribution >= 0.6 is 11.3 Å². The molecule has 1 fully saturated rings. The van der Waals surface area contributed by atoms with Crippen molar-refractivity contribution in [1.82, 2.24) is 15.2 Å². The lowest BCUT2D eigenvalue weighted by Crippen LogP contribution is -2.28. The highest BCUT2D eigenvalue weighted by atomic mass is 32.2. The van der Waals surface area contributed by atoms with Gasteiger partial charge in [0, 0.05) is 46.2 Å². The number of H-pyrrole nitrogens is 1. The molecule has 0 atom stereocenters. The van der Waals surface area contributed by atoms with Crippen molar-refractivity contribution in [1.29, 1.82) is 0 Å². The summed E-state index contributed by atoms with van der Waals surface area (Å²) in [6.07, 6.45) is 3.81. The summed E-state index contributed by atoms with van der Waals surface area (Å²) in [5.74, 6) is -0.00546. The van der Waals surface area contributed by atoms with Crippen LogP contribution in [-0.4, -0.2) is 44.4 Å². The van der Waals surface area contributed by atoms with Crippen molar-refractivity contribution in [3.63, 3.8) is 0 Å². The van der Waals surface area contributed by atoms with Crippen LogP contribution < -0.4 is 14.2 Å². The minimum absolute atomic E-state index is 0.0331. The molecule has 6 rings (SSSR count).